The van der Waals surface area contributed by atoms with Crippen molar-refractivity contribution in [3.8, 4) is 0 Å². The number of anilines is 1. The fraction of sp³-hybridized carbons (Fsp3) is 0.130. The second-order valence-electron chi connectivity index (χ2n) is 6.93. The van der Waals surface area contributed by atoms with E-state index < -0.39 is 15.9 Å². The molecule has 10 heteroatoms. The Morgan fingerprint density at radius 3 is 1.70 bits per heavy atom. The van der Waals surface area contributed by atoms with Crippen molar-refractivity contribution in [2.45, 2.75) is 15.9 Å². The quantitative estimate of drug-likeness (QED) is 0.174. The third-order valence-electron chi connectivity index (χ3n) is 4.62. The zero-order valence-corrected chi connectivity index (χ0v) is 21.5. The highest BCUT2D eigenvalue weighted by atomic mass is 35.6. The molecular formula is C23H18Cl5N3OS. The number of hydrogen-bond acceptors (Lipinski definition) is 2. The normalized spacial score (nSPS) is 12.2. The Kier molecular flexibility index (Phi) is 9.10. The van der Waals surface area contributed by atoms with E-state index in [0.29, 0.717) is 15.7 Å². The fourth-order valence-corrected chi connectivity index (χ4v) is 4.15. The Balaban J connectivity index is 1.82. The first-order chi connectivity index (χ1) is 15.7. The zero-order chi connectivity index (χ0) is 24.0. The van der Waals surface area contributed by atoms with Crippen LogP contribution in [0.2, 0.25) is 10.0 Å². The Hall–Kier alpha value is -1.73. The first-order valence-electron chi connectivity index (χ1n) is 9.65. The second kappa shape index (κ2) is 11.6. The summed E-state index contributed by atoms with van der Waals surface area (Å²) in [6, 6.07) is 23.6. The molecule has 0 heterocycles. The van der Waals surface area contributed by atoms with Gasteiger partial charge in [0.2, 0.25) is 9.70 Å². The number of halogens is 5. The van der Waals surface area contributed by atoms with Crippen LogP contribution in [0.3, 0.4) is 0 Å². The Morgan fingerprint density at radius 2 is 1.24 bits per heavy atom. The number of para-hydroxylation sites is 1. The highest BCUT2D eigenvalue weighted by Crippen LogP contribution is 2.32. The van der Waals surface area contributed by atoms with Crippen molar-refractivity contribution >= 4 is 86.9 Å². The molecule has 0 aliphatic rings. The monoisotopic (exact) mass is 559 g/mol. The summed E-state index contributed by atoms with van der Waals surface area (Å²) in [7, 11) is 0. The number of thiocarbonyl (C=S) groups is 1. The van der Waals surface area contributed by atoms with Gasteiger partial charge in [-0.15, -0.1) is 0 Å². The number of carbonyl (C=O) groups excluding carboxylic acids is 1. The van der Waals surface area contributed by atoms with Gasteiger partial charge >= 0.3 is 0 Å². The van der Waals surface area contributed by atoms with Gasteiger partial charge in [-0.25, -0.2) is 0 Å². The molecule has 3 aromatic rings. The summed E-state index contributed by atoms with van der Waals surface area (Å²) >= 11 is 36.2. The van der Waals surface area contributed by atoms with Gasteiger partial charge in [-0.05, 0) is 35.5 Å². The number of nitrogens with one attached hydrogen (secondary N) is 3. The molecule has 0 aliphatic heterocycles. The molecule has 0 aliphatic carbocycles. The molecule has 1 atom stereocenters. The standard InChI is InChI=1S/C23H18Cl5N3OS/c24-16-12-7-13-17(25)19(16)29-22(33)31-21(23(26,27)28)30-20(32)18(14-8-3-1-4-9-14)15-10-5-2-6-11-15/h1-13,18,21H,(H,30,32)(H2,29,31,33). The highest BCUT2D eigenvalue weighted by molar-refractivity contribution is 7.80. The summed E-state index contributed by atoms with van der Waals surface area (Å²) in [5, 5.41) is 9.23. The van der Waals surface area contributed by atoms with Crippen molar-refractivity contribution in [1.82, 2.24) is 10.6 Å². The molecule has 1 amide bonds. The van der Waals surface area contributed by atoms with E-state index in [-0.39, 0.29) is 11.0 Å². The summed E-state index contributed by atoms with van der Waals surface area (Å²) in [4.78, 5) is 13.4. The minimum Gasteiger partial charge on any atom is -0.339 e. The molecule has 1 unspecified atom stereocenters. The van der Waals surface area contributed by atoms with Gasteiger partial charge in [0.1, 0.15) is 6.17 Å². The fourth-order valence-electron chi connectivity index (χ4n) is 3.11. The average molecular weight is 562 g/mol. The third-order valence-corrected chi connectivity index (χ3v) is 6.12. The second-order valence-corrected chi connectivity index (χ2v) is 10.5. The van der Waals surface area contributed by atoms with E-state index in [1.807, 2.05) is 60.7 Å². The van der Waals surface area contributed by atoms with E-state index in [9.17, 15) is 4.79 Å². The summed E-state index contributed by atoms with van der Waals surface area (Å²) in [6.45, 7) is 0. The van der Waals surface area contributed by atoms with Crippen LogP contribution in [0.15, 0.2) is 78.9 Å². The first-order valence-corrected chi connectivity index (χ1v) is 11.9. The maximum Gasteiger partial charge on any atom is 0.233 e. The van der Waals surface area contributed by atoms with Crippen molar-refractivity contribution in [3.63, 3.8) is 0 Å². The maximum absolute atomic E-state index is 13.4. The van der Waals surface area contributed by atoms with Crippen molar-refractivity contribution in [2.24, 2.45) is 0 Å². The van der Waals surface area contributed by atoms with Crippen LogP contribution in [0.1, 0.15) is 17.0 Å². The molecule has 33 heavy (non-hydrogen) atoms. The number of carbonyl (C=O) groups is 1. The number of rotatable bonds is 6. The van der Waals surface area contributed by atoms with Gasteiger partial charge in [0.25, 0.3) is 0 Å². The lowest BCUT2D eigenvalue weighted by atomic mass is 9.90. The molecule has 0 aromatic heterocycles. The van der Waals surface area contributed by atoms with E-state index in [4.69, 9.17) is 70.2 Å². The maximum atomic E-state index is 13.4. The van der Waals surface area contributed by atoms with Crippen molar-refractivity contribution in [3.05, 3.63) is 100 Å². The Labute approximate surface area is 222 Å². The van der Waals surface area contributed by atoms with Crippen molar-refractivity contribution in [1.29, 1.82) is 0 Å². The third kappa shape index (κ3) is 7.12. The van der Waals surface area contributed by atoms with E-state index in [1.54, 1.807) is 18.2 Å². The van der Waals surface area contributed by atoms with E-state index in [0.717, 1.165) is 11.1 Å². The number of alkyl halides is 3. The lowest BCUT2D eigenvalue weighted by molar-refractivity contribution is -0.122. The molecule has 0 bridgehead atoms. The van der Waals surface area contributed by atoms with Crippen LogP contribution < -0.4 is 16.0 Å². The van der Waals surface area contributed by atoms with Crippen molar-refractivity contribution < 1.29 is 4.79 Å². The van der Waals surface area contributed by atoms with Crippen LogP contribution in [0.5, 0.6) is 0 Å². The molecule has 3 aromatic carbocycles. The lowest BCUT2D eigenvalue weighted by Crippen LogP contribution is -2.57. The molecule has 4 nitrogen and oxygen atoms in total. The van der Waals surface area contributed by atoms with Gasteiger partial charge in [-0.2, -0.15) is 0 Å². The Morgan fingerprint density at radius 1 is 0.758 bits per heavy atom. The van der Waals surface area contributed by atoms with Gasteiger partial charge in [-0.3, -0.25) is 4.79 Å². The zero-order valence-electron chi connectivity index (χ0n) is 16.9. The van der Waals surface area contributed by atoms with Crippen LogP contribution in [-0.2, 0) is 4.79 Å². The van der Waals surface area contributed by atoms with E-state index in [2.05, 4.69) is 16.0 Å². The van der Waals surface area contributed by atoms with E-state index in [1.165, 1.54) is 0 Å². The summed E-state index contributed by atoms with van der Waals surface area (Å²) in [5.74, 6) is -1.02. The van der Waals surface area contributed by atoms with Gasteiger partial charge in [0, 0.05) is 0 Å². The molecule has 0 radical (unpaired) electrons. The predicted octanol–water partition coefficient (Wildman–Crippen LogP) is 6.92. The molecule has 0 spiro atoms. The van der Waals surface area contributed by atoms with Crippen LogP contribution in [0.4, 0.5) is 5.69 Å². The van der Waals surface area contributed by atoms with Gasteiger partial charge in [0.15, 0.2) is 5.11 Å². The largest absolute Gasteiger partial charge is 0.339 e. The van der Waals surface area contributed by atoms with Crippen LogP contribution in [0, 0.1) is 0 Å². The number of amides is 1. The predicted molar refractivity (Wildman–Crippen MR) is 143 cm³/mol. The van der Waals surface area contributed by atoms with Crippen LogP contribution >= 0.6 is 70.2 Å². The number of benzene rings is 3. The van der Waals surface area contributed by atoms with Gasteiger partial charge in [-0.1, -0.05) is 125 Å². The van der Waals surface area contributed by atoms with Gasteiger partial charge in [0.05, 0.1) is 21.7 Å². The molecule has 3 rings (SSSR count). The molecule has 172 valence electrons. The van der Waals surface area contributed by atoms with Crippen LogP contribution in [0.25, 0.3) is 0 Å². The molecule has 0 fully saturated rings. The summed E-state index contributed by atoms with van der Waals surface area (Å²) in [6.07, 6.45) is -1.16. The lowest BCUT2D eigenvalue weighted by Gasteiger charge is -2.30. The minimum absolute atomic E-state index is 0.0533. The SMILES string of the molecule is O=C(NC(NC(=S)Nc1c(Cl)cccc1Cl)C(Cl)(Cl)Cl)C(c1ccccc1)c1ccccc1. The van der Waals surface area contributed by atoms with E-state index >= 15 is 0 Å². The number of hydrogen-bond donors (Lipinski definition) is 3. The average Bonchev–Trinajstić information content (AvgIpc) is 2.77. The van der Waals surface area contributed by atoms with Crippen LogP contribution in [-0.4, -0.2) is 21.0 Å². The Bertz CT molecular complexity index is 1050. The molecule has 0 saturated heterocycles. The first kappa shape index (κ1) is 25.9. The van der Waals surface area contributed by atoms with Crippen molar-refractivity contribution in [2.75, 3.05) is 5.32 Å². The topological polar surface area (TPSA) is 53.2 Å². The smallest absolute Gasteiger partial charge is 0.233 e. The minimum atomic E-state index is -1.93. The summed E-state index contributed by atoms with van der Waals surface area (Å²) < 4.78 is -1.93. The molecule has 3 N–H and O–H groups in total. The summed E-state index contributed by atoms with van der Waals surface area (Å²) in [5.41, 5.74) is 1.96. The molecular weight excluding hydrogens is 544 g/mol. The highest BCUT2D eigenvalue weighted by Gasteiger charge is 2.36. The van der Waals surface area contributed by atoms with Gasteiger partial charge < -0.3 is 16.0 Å². The molecule has 0 saturated carbocycles.